The fourth-order valence-electron chi connectivity index (χ4n) is 6.27. The number of carbonyl (C=O) groups excluding carboxylic acids is 3. The number of fused-ring (bicyclic) bond motifs is 1. The standard InChI is InChI=1S/C30H41N5O5/c1-29(2)28(38)34(13-6-14-39-3)24-16-23(9-10-25(24)40-29)35(22-7-8-22)26(36)20-15-21(18-32-17-20)33-27(37)30(19-31)11-4-5-12-30/h9-10,16,20-22,32H,4-8,11-15,17-18H2,1-3H3,(H,33,37)/t20-,21+/m1/s1. The van der Waals surface area contributed by atoms with E-state index in [1.54, 1.807) is 25.9 Å². The smallest absolute Gasteiger partial charge is 0.270 e. The molecule has 0 unspecified atom stereocenters. The Morgan fingerprint density at radius 1 is 1.25 bits per heavy atom. The van der Waals surface area contributed by atoms with Gasteiger partial charge in [-0.25, -0.2) is 0 Å². The molecule has 4 aliphatic rings. The highest BCUT2D eigenvalue weighted by atomic mass is 16.5. The van der Waals surface area contributed by atoms with Gasteiger partial charge in [0.15, 0.2) is 5.60 Å². The lowest BCUT2D eigenvalue weighted by atomic mass is 9.86. The summed E-state index contributed by atoms with van der Waals surface area (Å²) in [5, 5.41) is 16.1. The van der Waals surface area contributed by atoms with Gasteiger partial charge in [0.1, 0.15) is 11.2 Å². The van der Waals surface area contributed by atoms with Crippen molar-refractivity contribution in [2.24, 2.45) is 11.3 Å². The van der Waals surface area contributed by atoms with Crippen LogP contribution in [0.2, 0.25) is 0 Å². The van der Waals surface area contributed by atoms with Crippen molar-refractivity contribution in [1.29, 1.82) is 5.26 Å². The van der Waals surface area contributed by atoms with Crippen molar-refractivity contribution >= 4 is 29.1 Å². The molecule has 0 radical (unpaired) electrons. The third-order valence-corrected chi connectivity index (χ3v) is 8.66. The molecule has 3 amide bonds. The molecule has 2 aliphatic carbocycles. The van der Waals surface area contributed by atoms with Crippen LogP contribution in [-0.4, -0.2) is 68.8 Å². The number of nitrogens with one attached hydrogen (secondary N) is 2. The van der Waals surface area contributed by atoms with Crippen LogP contribution >= 0.6 is 0 Å². The van der Waals surface area contributed by atoms with E-state index in [0.29, 0.717) is 63.4 Å². The van der Waals surface area contributed by atoms with E-state index >= 15 is 0 Å². The Labute approximate surface area is 236 Å². The first kappa shape index (κ1) is 28.4. The Kier molecular flexibility index (Phi) is 8.07. The van der Waals surface area contributed by atoms with Gasteiger partial charge in [0.05, 0.1) is 17.7 Å². The summed E-state index contributed by atoms with van der Waals surface area (Å²) >= 11 is 0. The molecule has 40 heavy (non-hydrogen) atoms. The van der Waals surface area contributed by atoms with Crippen molar-refractivity contribution in [1.82, 2.24) is 10.6 Å². The average molecular weight is 552 g/mol. The van der Waals surface area contributed by atoms with E-state index in [-0.39, 0.29) is 35.7 Å². The number of nitriles is 1. The van der Waals surface area contributed by atoms with Crippen LogP contribution in [0.4, 0.5) is 11.4 Å². The molecule has 1 aromatic carbocycles. The van der Waals surface area contributed by atoms with Gasteiger partial charge >= 0.3 is 0 Å². The molecule has 2 heterocycles. The predicted molar refractivity (Wildman–Crippen MR) is 150 cm³/mol. The largest absolute Gasteiger partial charge is 0.476 e. The maximum atomic E-state index is 14.0. The number of piperidine rings is 1. The fourth-order valence-corrected chi connectivity index (χ4v) is 6.27. The van der Waals surface area contributed by atoms with E-state index in [4.69, 9.17) is 9.47 Å². The van der Waals surface area contributed by atoms with E-state index in [2.05, 4.69) is 16.7 Å². The topological polar surface area (TPSA) is 124 Å². The molecule has 216 valence electrons. The molecule has 0 spiro atoms. The van der Waals surface area contributed by atoms with E-state index in [1.807, 2.05) is 23.1 Å². The van der Waals surface area contributed by atoms with Crippen LogP contribution in [-0.2, 0) is 19.1 Å². The van der Waals surface area contributed by atoms with Gasteiger partial charge in [0, 0.05) is 51.1 Å². The number of benzene rings is 1. The summed E-state index contributed by atoms with van der Waals surface area (Å²) < 4.78 is 11.3. The zero-order chi connectivity index (χ0) is 28.5. The van der Waals surface area contributed by atoms with Crippen LogP contribution in [0.1, 0.15) is 65.2 Å². The summed E-state index contributed by atoms with van der Waals surface area (Å²) in [4.78, 5) is 44.0. The van der Waals surface area contributed by atoms with Gasteiger partial charge < -0.3 is 29.9 Å². The summed E-state index contributed by atoms with van der Waals surface area (Å²) in [5.74, 6) is -0.00675. The highest BCUT2D eigenvalue weighted by Gasteiger charge is 2.45. The molecular weight excluding hydrogens is 510 g/mol. The molecule has 3 fully saturated rings. The monoisotopic (exact) mass is 551 g/mol. The zero-order valence-corrected chi connectivity index (χ0v) is 23.8. The SMILES string of the molecule is COCCCN1C(=O)C(C)(C)Oc2ccc(N(C(=O)[C@H]3CNC[C@@H](NC(=O)C4(C#N)CCCC4)C3)C3CC3)cc21. The number of nitrogens with zero attached hydrogens (tertiary/aromatic N) is 3. The minimum absolute atomic E-state index is 0.0130. The van der Waals surface area contributed by atoms with Gasteiger partial charge in [0.2, 0.25) is 11.8 Å². The Balaban J connectivity index is 1.34. The second-order valence-corrected chi connectivity index (χ2v) is 12.2. The van der Waals surface area contributed by atoms with Crippen molar-refractivity contribution in [2.45, 2.75) is 82.9 Å². The molecule has 10 heteroatoms. The lowest BCUT2D eigenvalue weighted by Gasteiger charge is -2.40. The molecule has 2 atom stereocenters. The predicted octanol–water partition coefficient (Wildman–Crippen LogP) is 2.90. The van der Waals surface area contributed by atoms with E-state index in [1.165, 1.54) is 0 Å². The molecule has 1 saturated heterocycles. The summed E-state index contributed by atoms with van der Waals surface area (Å²) in [6, 6.07) is 7.82. The highest BCUT2D eigenvalue weighted by molar-refractivity contribution is 6.04. The summed E-state index contributed by atoms with van der Waals surface area (Å²) in [5.41, 5.74) is -0.506. The minimum Gasteiger partial charge on any atom is -0.476 e. The van der Waals surface area contributed by atoms with Gasteiger partial charge in [-0.3, -0.25) is 14.4 Å². The Morgan fingerprint density at radius 2 is 2.00 bits per heavy atom. The first-order chi connectivity index (χ1) is 19.2. The number of hydrogen-bond acceptors (Lipinski definition) is 7. The molecule has 1 aromatic rings. The molecule has 0 aromatic heterocycles. The van der Waals surface area contributed by atoms with E-state index < -0.39 is 11.0 Å². The molecule has 0 bridgehead atoms. The van der Waals surface area contributed by atoms with Crippen LogP contribution < -0.4 is 25.2 Å². The first-order valence-electron chi connectivity index (χ1n) is 14.6. The van der Waals surface area contributed by atoms with Crippen LogP contribution in [0.15, 0.2) is 18.2 Å². The summed E-state index contributed by atoms with van der Waals surface area (Å²) in [6.45, 7) is 5.67. The van der Waals surface area contributed by atoms with Gasteiger partial charge in [-0.2, -0.15) is 5.26 Å². The number of anilines is 2. The maximum Gasteiger partial charge on any atom is 0.270 e. The molecule has 5 rings (SSSR count). The molecular formula is C30H41N5O5. The van der Waals surface area contributed by atoms with Gasteiger partial charge in [-0.1, -0.05) is 12.8 Å². The Bertz CT molecular complexity index is 1180. The number of methoxy groups -OCH3 is 1. The lowest BCUT2D eigenvalue weighted by molar-refractivity contribution is -0.132. The second kappa shape index (κ2) is 11.4. The van der Waals surface area contributed by atoms with E-state index in [0.717, 1.165) is 31.4 Å². The van der Waals surface area contributed by atoms with Crippen molar-refractivity contribution < 1.29 is 23.9 Å². The van der Waals surface area contributed by atoms with Crippen LogP contribution in [0.3, 0.4) is 0 Å². The number of carbonyl (C=O) groups is 3. The third kappa shape index (κ3) is 5.54. The molecule has 2 aliphatic heterocycles. The average Bonchev–Trinajstić information content (AvgIpc) is 3.65. The van der Waals surface area contributed by atoms with Crippen molar-refractivity contribution in [3.8, 4) is 11.8 Å². The zero-order valence-electron chi connectivity index (χ0n) is 23.8. The Hall–Kier alpha value is -3.16. The Morgan fingerprint density at radius 3 is 2.67 bits per heavy atom. The number of amides is 3. The maximum absolute atomic E-state index is 14.0. The van der Waals surface area contributed by atoms with Gasteiger partial charge in [-0.15, -0.1) is 0 Å². The van der Waals surface area contributed by atoms with Crippen LogP contribution in [0, 0.1) is 22.7 Å². The fraction of sp³-hybridized carbons (Fsp3) is 0.667. The number of ether oxygens (including phenoxy) is 2. The minimum atomic E-state index is -0.983. The van der Waals surface area contributed by atoms with Crippen LogP contribution in [0.5, 0.6) is 5.75 Å². The lowest BCUT2D eigenvalue weighted by Crippen LogP contribution is -2.55. The summed E-state index contributed by atoms with van der Waals surface area (Å²) in [6.07, 6.45) is 6.02. The van der Waals surface area contributed by atoms with Crippen LogP contribution in [0.25, 0.3) is 0 Å². The summed E-state index contributed by atoms with van der Waals surface area (Å²) in [7, 11) is 1.64. The normalized spacial score (nSPS) is 24.9. The molecule has 2 saturated carbocycles. The van der Waals surface area contributed by atoms with Crippen molar-refractivity contribution in [2.75, 3.05) is 43.2 Å². The van der Waals surface area contributed by atoms with Gasteiger partial charge in [0.25, 0.3) is 5.91 Å². The van der Waals surface area contributed by atoms with E-state index in [9.17, 15) is 19.6 Å². The number of hydrogen-bond donors (Lipinski definition) is 2. The van der Waals surface area contributed by atoms with Crippen molar-refractivity contribution in [3.05, 3.63) is 18.2 Å². The quantitative estimate of drug-likeness (QED) is 0.452. The second-order valence-electron chi connectivity index (χ2n) is 12.2. The van der Waals surface area contributed by atoms with Gasteiger partial charge in [-0.05, 0) is 70.6 Å². The third-order valence-electron chi connectivity index (χ3n) is 8.66. The highest BCUT2D eigenvalue weighted by Crippen LogP contribution is 2.43. The van der Waals surface area contributed by atoms with Crippen molar-refractivity contribution in [3.63, 3.8) is 0 Å². The number of rotatable bonds is 9. The molecule has 10 nitrogen and oxygen atoms in total. The first-order valence-corrected chi connectivity index (χ1v) is 14.6. The molecule has 2 N–H and O–H groups in total.